The number of likely N-dealkylation sites (tertiary alicyclic amines) is 1. The summed E-state index contributed by atoms with van der Waals surface area (Å²) in [4.78, 5) is 2.47. The molecule has 1 fully saturated rings. The van der Waals surface area contributed by atoms with Crippen LogP contribution >= 0.6 is 11.6 Å². The second-order valence-corrected chi connectivity index (χ2v) is 6.76. The van der Waals surface area contributed by atoms with Gasteiger partial charge in [0.2, 0.25) is 0 Å². The highest BCUT2D eigenvalue weighted by atomic mass is 35.5. The predicted molar refractivity (Wildman–Crippen MR) is 105 cm³/mol. The van der Waals surface area contributed by atoms with E-state index in [4.69, 9.17) is 16.3 Å². The summed E-state index contributed by atoms with van der Waals surface area (Å²) in [7, 11) is 1.73. The molecule has 2 aromatic carbocycles. The monoisotopic (exact) mass is 357 g/mol. The molecule has 25 heavy (non-hydrogen) atoms. The lowest BCUT2D eigenvalue weighted by atomic mass is 10.1. The van der Waals surface area contributed by atoms with Crippen LogP contribution in [0.5, 0.6) is 5.75 Å². The molecule has 0 bridgehead atoms. The molecule has 0 aliphatic carbocycles. The highest BCUT2D eigenvalue weighted by Gasteiger charge is 2.15. The van der Waals surface area contributed by atoms with Gasteiger partial charge in [0.25, 0.3) is 0 Å². The van der Waals surface area contributed by atoms with E-state index >= 15 is 0 Å². The van der Waals surface area contributed by atoms with Gasteiger partial charge in [0.1, 0.15) is 5.75 Å². The van der Waals surface area contributed by atoms with Gasteiger partial charge < -0.3 is 4.74 Å². The van der Waals surface area contributed by atoms with E-state index in [2.05, 4.69) is 27.6 Å². The summed E-state index contributed by atoms with van der Waals surface area (Å²) >= 11 is 5.91. The number of nitrogens with zero attached hydrogens (tertiary/aromatic N) is 2. The van der Waals surface area contributed by atoms with Crippen LogP contribution < -0.4 is 10.2 Å². The van der Waals surface area contributed by atoms with Gasteiger partial charge in [-0.05, 0) is 80.9 Å². The van der Waals surface area contributed by atoms with E-state index in [1.807, 2.05) is 37.3 Å². The van der Waals surface area contributed by atoms with E-state index in [9.17, 15) is 0 Å². The van der Waals surface area contributed by atoms with Gasteiger partial charge in [-0.25, -0.2) is 0 Å². The van der Waals surface area contributed by atoms with Gasteiger partial charge in [-0.3, -0.25) is 10.3 Å². The molecule has 5 heteroatoms. The molecule has 0 atom stereocenters. The zero-order chi connectivity index (χ0) is 17.6. The molecule has 4 nitrogen and oxygen atoms in total. The summed E-state index contributed by atoms with van der Waals surface area (Å²) in [5.74, 6) is 0.939. The van der Waals surface area contributed by atoms with Gasteiger partial charge in [0.15, 0.2) is 0 Å². The highest BCUT2D eigenvalue weighted by molar-refractivity contribution is 6.30. The van der Waals surface area contributed by atoms with Crippen LogP contribution in [-0.4, -0.2) is 30.8 Å². The average molecular weight is 358 g/mol. The molecule has 132 valence electrons. The SMILES string of the molecule is COc1ccc(/C(C)=N\Nc2ccc(Cl)cc2)cc1CN1CCCC1. The zero-order valence-corrected chi connectivity index (χ0v) is 15.5. The minimum absolute atomic E-state index is 0.716. The molecule has 1 N–H and O–H groups in total. The first-order valence-corrected chi connectivity index (χ1v) is 8.99. The molecule has 0 saturated carbocycles. The molecule has 1 heterocycles. The highest BCUT2D eigenvalue weighted by Crippen LogP contribution is 2.24. The molecule has 0 amide bonds. The molecule has 0 radical (unpaired) electrons. The van der Waals surface area contributed by atoms with Crippen molar-refractivity contribution in [3.63, 3.8) is 0 Å². The Hall–Kier alpha value is -2.04. The third-order valence-corrected chi connectivity index (χ3v) is 4.74. The maximum atomic E-state index is 5.91. The Kier molecular flexibility index (Phi) is 5.95. The largest absolute Gasteiger partial charge is 0.496 e. The number of halogens is 1. The number of benzene rings is 2. The zero-order valence-electron chi connectivity index (χ0n) is 14.8. The number of hydrazone groups is 1. The quantitative estimate of drug-likeness (QED) is 0.597. The van der Waals surface area contributed by atoms with Gasteiger partial charge in [0, 0.05) is 17.1 Å². The normalized spacial score (nSPS) is 15.4. The van der Waals surface area contributed by atoms with Crippen LogP contribution in [0.15, 0.2) is 47.6 Å². The first-order valence-electron chi connectivity index (χ1n) is 8.61. The fourth-order valence-corrected chi connectivity index (χ4v) is 3.17. The first kappa shape index (κ1) is 17.8. The number of hydrogen-bond donors (Lipinski definition) is 1. The van der Waals surface area contributed by atoms with Crippen LogP contribution in [0.2, 0.25) is 5.02 Å². The van der Waals surface area contributed by atoms with Gasteiger partial charge in [-0.15, -0.1) is 0 Å². The molecule has 3 rings (SSSR count). The average Bonchev–Trinajstić information content (AvgIpc) is 3.14. The smallest absolute Gasteiger partial charge is 0.123 e. The Labute approximate surface area is 154 Å². The molecule has 1 aliphatic heterocycles. The molecule has 0 aromatic heterocycles. The van der Waals surface area contributed by atoms with Crippen molar-refractivity contribution in [3.8, 4) is 5.75 Å². The summed E-state index contributed by atoms with van der Waals surface area (Å²) in [5.41, 5.74) is 7.23. The first-order chi connectivity index (χ1) is 12.2. The van der Waals surface area contributed by atoms with Crippen LogP contribution in [0.4, 0.5) is 5.69 Å². The van der Waals surface area contributed by atoms with E-state index in [0.717, 1.165) is 29.3 Å². The van der Waals surface area contributed by atoms with Crippen LogP contribution in [0, 0.1) is 0 Å². The Bertz CT molecular complexity index is 737. The number of anilines is 1. The van der Waals surface area contributed by atoms with Gasteiger partial charge in [0.05, 0.1) is 18.5 Å². The van der Waals surface area contributed by atoms with Crippen molar-refractivity contribution in [2.45, 2.75) is 26.3 Å². The standard InChI is InChI=1S/C20H24ClN3O/c1-15(22-23-19-8-6-18(21)7-9-19)16-5-10-20(25-2)17(13-16)14-24-11-3-4-12-24/h5-10,13,23H,3-4,11-12,14H2,1-2H3/b22-15-. The molecular formula is C20H24ClN3O. The second-order valence-electron chi connectivity index (χ2n) is 6.33. The maximum Gasteiger partial charge on any atom is 0.123 e. The van der Waals surface area contributed by atoms with Crippen LogP contribution in [0.1, 0.15) is 30.9 Å². The molecule has 2 aromatic rings. The van der Waals surface area contributed by atoms with E-state index in [-0.39, 0.29) is 0 Å². The lowest BCUT2D eigenvalue weighted by Gasteiger charge is -2.18. The Morgan fingerprint density at radius 1 is 1.16 bits per heavy atom. The summed E-state index contributed by atoms with van der Waals surface area (Å²) in [6, 6.07) is 13.8. The van der Waals surface area contributed by atoms with Crippen molar-refractivity contribution in [2.75, 3.05) is 25.6 Å². The molecule has 0 spiro atoms. The summed E-state index contributed by atoms with van der Waals surface area (Å²) in [6.45, 7) is 5.26. The maximum absolute atomic E-state index is 5.91. The minimum Gasteiger partial charge on any atom is -0.496 e. The fraction of sp³-hybridized carbons (Fsp3) is 0.350. The Morgan fingerprint density at radius 2 is 1.88 bits per heavy atom. The van der Waals surface area contributed by atoms with Crippen molar-refractivity contribution in [1.82, 2.24) is 4.90 Å². The lowest BCUT2D eigenvalue weighted by Crippen LogP contribution is -2.19. The van der Waals surface area contributed by atoms with Gasteiger partial charge >= 0.3 is 0 Å². The Balaban J connectivity index is 1.75. The Morgan fingerprint density at radius 3 is 2.56 bits per heavy atom. The number of ether oxygens (including phenoxy) is 1. The summed E-state index contributed by atoms with van der Waals surface area (Å²) in [5, 5.41) is 5.21. The molecular weight excluding hydrogens is 334 g/mol. The van der Waals surface area contributed by atoms with Crippen LogP contribution in [0.25, 0.3) is 0 Å². The second kappa shape index (κ2) is 8.37. The summed E-state index contributed by atoms with van der Waals surface area (Å²) in [6.07, 6.45) is 2.57. The van der Waals surface area contributed by atoms with Gasteiger partial charge in [-0.2, -0.15) is 5.10 Å². The predicted octanol–water partition coefficient (Wildman–Crippen LogP) is 4.78. The van der Waals surface area contributed by atoms with Crippen molar-refractivity contribution < 1.29 is 4.74 Å². The van der Waals surface area contributed by atoms with Crippen LogP contribution in [0.3, 0.4) is 0 Å². The fourth-order valence-electron chi connectivity index (χ4n) is 3.05. The van der Waals surface area contributed by atoms with Crippen molar-refractivity contribution >= 4 is 23.0 Å². The van der Waals surface area contributed by atoms with E-state index in [1.54, 1.807) is 7.11 Å². The number of nitrogens with one attached hydrogen (secondary N) is 1. The van der Waals surface area contributed by atoms with Crippen molar-refractivity contribution in [3.05, 3.63) is 58.6 Å². The van der Waals surface area contributed by atoms with Crippen molar-refractivity contribution in [2.24, 2.45) is 5.10 Å². The lowest BCUT2D eigenvalue weighted by molar-refractivity contribution is 0.321. The van der Waals surface area contributed by atoms with Crippen molar-refractivity contribution in [1.29, 1.82) is 0 Å². The van der Waals surface area contributed by atoms with E-state index < -0.39 is 0 Å². The minimum atomic E-state index is 0.716. The molecule has 1 aliphatic rings. The van der Waals surface area contributed by atoms with E-state index in [1.165, 1.54) is 31.5 Å². The van der Waals surface area contributed by atoms with Gasteiger partial charge in [-0.1, -0.05) is 11.6 Å². The molecule has 1 saturated heterocycles. The number of hydrogen-bond acceptors (Lipinski definition) is 4. The van der Waals surface area contributed by atoms with Crippen LogP contribution in [-0.2, 0) is 6.54 Å². The molecule has 0 unspecified atom stereocenters. The number of rotatable bonds is 6. The third kappa shape index (κ3) is 4.74. The van der Waals surface area contributed by atoms with E-state index in [0.29, 0.717) is 5.02 Å². The third-order valence-electron chi connectivity index (χ3n) is 4.49. The topological polar surface area (TPSA) is 36.9 Å². The summed E-state index contributed by atoms with van der Waals surface area (Å²) < 4.78 is 5.54. The number of methoxy groups -OCH3 is 1.